The Morgan fingerprint density at radius 1 is 0.947 bits per heavy atom. The molecule has 19 heavy (non-hydrogen) atoms. The number of carbonyl (C=O) groups is 1. The molecule has 6 heteroatoms. The third-order valence-electron chi connectivity index (χ3n) is 2.36. The molecular formula is C13H7Cl2F2NO. The first kappa shape index (κ1) is 13.8. The van der Waals surface area contributed by atoms with Gasteiger partial charge in [0, 0.05) is 11.3 Å². The summed E-state index contributed by atoms with van der Waals surface area (Å²) in [4.78, 5) is 11.8. The maximum Gasteiger partial charge on any atom is 0.255 e. The second-order valence-corrected chi connectivity index (χ2v) is 4.53. The van der Waals surface area contributed by atoms with E-state index in [4.69, 9.17) is 23.2 Å². The van der Waals surface area contributed by atoms with Crippen molar-refractivity contribution in [3.8, 4) is 0 Å². The molecule has 0 atom stereocenters. The Morgan fingerprint density at radius 3 is 2.32 bits per heavy atom. The van der Waals surface area contributed by atoms with E-state index in [0.717, 1.165) is 12.1 Å². The number of rotatable bonds is 2. The summed E-state index contributed by atoms with van der Waals surface area (Å²) in [5.41, 5.74) is 0.411. The Hall–Kier alpha value is -1.65. The van der Waals surface area contributed by atoms with Crippen molar-refractivity contribution in [2.75, 3.05) is 5.32 Å². The van der Waals surface area contributed by atoms with Gasteiger partial charge in [0.15, 0.2) is 11.6 Å². The monoisotopic (exact) mass is 301 g/mol. The first-order valence-corrected chi connectivity index (χ1v) is 5.94. The predicted octanol–water partition coefficient (Wildman–Crippen LogP) is 4.52. The van der Waals surface area contributed by atoms with Crippen molar-refractivity contribution in [3.63, 3.8) is 0 Å². The number of halogens is 4. The minimum Gasteiger partial charge on any atom is -0.322 e. The Morgan fingerprint density at radius 2 is 1.68 bits per heavy atom. The van der Waals surface area contributed by atoms with E-state index in [2.05, 4.69) is 5.32 Å². The van der Waals surface area contributed by atoms with Gasteiger partial charge in [0.2, 0.25) is 0 Å². The summed E-state index contributed by atoms with van der Waals surface area (Å²) in [5.74, 6) is -2.66. The first-order chi connectivity index (χ1) is 8.97. The van der Waals surface area contributed by atoms with Crippen LogP contribution >= 0.6 is 23.2 Å². The molecular weight excluding hydrogens is 295 g/mol. The molecule has 0 aliphatic carbocycles. The van der Waals surface area contributed by atoms with Crippen LogP contribution in [0.25, 0.3) is 0 Å². The van der Waals surface area contributed by atoms with Crippen molar-refractivity contribution >= 4 is 34.8 Å². The fourth-order valence-electron chi connectivity index (χ4n) is 1.41. The number of hydrogen-bond acceptors (Lipinski definition) is 1. The first-order valence-electron chi connectivity index (χ1n) is 5.19. The Bertz CT molecular complexity index is 647. The van der Waals surface area contributed by atoms with Gasteiger partial charge in [-0.3, -0.25) is 4.79 Å². The van der Waals surface area contributed by atoms with Gasteiger partial charge < -0.3 is 5.32 Å². The number of hydrogen-bond donors (Lipinski definition) is 1. The van der Waals surface area contributed by atoms with Gasteiger partial charge in [-0.05, 0) is 36.4 Å². The topological polar surface area (TPSA) is 29.1 Å². The SMILES string of the molecule is O=C(Nc1ccc(Cl)c(Cl)c1)c1ccc(F)c(F)c1. The molecule has 0 unspecified atom stereocenters. The van der Waals surface area contributed by atoms with E-state index < -0.39 is 17.5 Å². The fraction of sp³-hybridized carbons (Fsp3) is 0. The molecule has 0 heterocycles. The molecule has 0 aromatic heterocycles. The second kappa shape index (κ2) is 5.55. The van der Waals surface area contributed by atoms with E-state index >= 15 is 0 Å². The summed E-state index contributed by atoms with van der Waals surface area (Å²) >= 11 is 11.5. The highest BCUT2D eigenvalue weighted by atomic mass is 35.5. The summed E-state index contributed by atoms with van der Waals surface area (Å²) in [5, 5.41) is 3.14. The lowest BCUT2D eigenvalue weighted by Crippen LogP contribution is -2.12. The van der Waals surface area contributed by atoms with Crippen LogP contribution in [0.3, 0.4) is 0 Å². The normalized spacial score (nSPS) is 10.3. The summed E-state index contributed by atoms with van der Waals surface area (Å²) in [7, 11) is 0. The zero-order valence-electron chi connectivity index (χ0n) is 9.38. The zero-order valence-corrected chi connectivity index (χ0v) is 10.9. The maximum absolute atomic E-state index is 13.0. The van der Waals surface area contributed by atoms with Crippen LogP contribution in [0.1, 0.15) is 10.4 Å². The van der Waals surface area contributed by atoms with Crippen molar-refractivity contribution in [1.29, 1.82) is 0 Å². The summed E-state index contributed by atoms with van der Waals surface area (Å²) in [6, 6.07) is 7.42. The smallest absolute Gasteiger partial charge is 0.255 e. The third kappa shape index (κ3) is 3.22. The van der Waals surface area contributed by atoms with Crippen molar-refractivity contribution in [3.05, 3.63) is 63.6 Å². The number of amides is 1. The van der Waals surface area contributed by atoms with Crippen LogP contribution in [0.2, 0.25) is 10.0 Å². The summed E-state index contributed by atoms with van der Waals surface area (Å²) in [6.45, 7) is 0. The van der Waals surface area contributed by atoms with Crippen LogP contribution in [0.4, 0.5) is 14.5 Å². The quantitative estimate of drug-likeness (QED) is 0.868. The van der Waals surface area contributed by atoms with Crippen molar-refractivity contribution in [2.24, 2.45) is 0 Å². The fourth-order valence-corrected chi connectivity index (χ4v) is 1.71. The van der Waals surface area contributed by atoms with Crippen LogP contribution in [-0.2, 0) is 0 Å². The van der Waals surface area contributed by atoms with Gasteiger partial charge in [-0.15, -0.1) is 0 Å². The van der Waals surface area contributed by atoms with Crippen LogP contribution in [0.5, 0.6) is 0 Å². The molecule has 98 valence electrons. The minimum atomic E-state index is -1.08. The number of carbonyl (C=O) groups excluding carboxylic acids is 1. The number of anilines is 1. The lowest BCUT2D eigenvalue weighted by molar-refractivity contribution is 0.102. The third-order valence-corrected chi connectivity index (χ3v) is 3.10. The van der Waals surface area contributed by atoms with Crippen LogP contribution < -0.4 is 5.32 Å². The van der Waals surface area contributed by atoms with Crippen LogP contribution in [-0.4, -0.2) is 5.91 Å². The molecule has 0 aliphatic rings. The number of benzene rings is 2. The van der Waals surface area contributed by atoms with Crippen molar-refractivity contribution in [2.45, 2.75) is 0 Å². The van der Waals surface area contributed by atoms with Crippen LogP contribution in [0.15, 0.2) is 36.4 Å². The van der Waals surface area contributed by atoms with Crippen molar-refractivity contribution < 1.29 is 13.6 Å². The number of nitrogens with one attached hydrogen (secondary N) is 1. The molecule has 0 aliphatic heterocycles. The highest BCUT2D eigenvalue weighted by Crippen LogP contribution is 2.25. The molecule has 1 N–H and O–H groups in total. The van der Waals surface area contributed by atoms with Crippen molar-refractivity contribution in [1.82, 2.24) is 0 Å². The largest absolute Gasteiger partial charge is 0.322 e. The molecule has 0 radical (unpaired) electrons. The van der Waals surface area contributed by atoms with E-state index in [1.165, 1.54) is 18.2 Å². The average molecular weight is 302 g/mol. The molecule has 0 saturated carbocycles. The zero-order chi connectivity index (χ0) is 14.0. The van der Waals surface area contributed by atoms with Gasteiger partial charge in [-0.2, -0.15) is 0 Å². The van der Waals surface area contributed by atoms with E-state index in [1.807, 2.05) is 0 Å². The Kier molecular flexibility index (Phi) is 4.02. The second-order valence-electron chi connectivity index (χ2n) is 3.71. The summed E-state index contributed by atoms with van der Waals surface area (Å²) in [6.07, 6.45) is 0. The van der Waals surface area contributed by atoms with Gasteiger partial charge in [0.1, 0.15) is 0 Å². The lowest BCUT2D eigenvalue weighted by atomic mass is 10.2. The predicted molar refractivity (Wildman–Crippen MR) is 70.8 cm³/mol. The van der Waals surface area contributed by atoms with Gasteiger partial charge in [-0.1, -0.05) is 23.2 Å². The van der Waals surface area contributed by atoms with Gasteiger partial charge in [-0.25, -0.2) is 8.78 Å². The van der Waals surface area contributed by atoms with Gasteiger partial charge >= 0.3 is 0 Å². The molecule has 0 fully saturated rings. The maximum atomic E-state index is 13.0. The molecule has 0 spiro atoms. The van der Waals surface area contributed by atoms with Gasteiger partial charge in [0.25, 0.3) is 5.91 Å². The highest BCUT2D eigenvalue weighted by molar-refractivity contribution is 6.42. The van der Waals surface area contributed by atoms with Crippen LogP contribution in [0, 0.1) is 11.6 Å². The van der Waals surface area contributed by atoms with E-state index in [1.54, 1.807) is 6.07 Å². The Balaban J connectivity index is 2.20. The van der Waals surface area contributed by atoms with E-state index in [9.17, 15) is 13.6 Å². The summed E-state index contributed by atoms with van der Waals surface area (Å²) < 4.78 is 25.7. The molecule has 2 aromatic carbocycles. The Labute approximate surface area is 118 Å². The minimum absolute atomic E-state index is 0.00460. The highest BCUT2D eigenvalue weighted by Gasteiger charge is 2.10. The molecule has 0 bridgehead atoms. The molecule has 0 saturated heterocycles. The standard InChI is InChI=1S/C13H7Cl2F2NO/c14-9-3-2-8(6-10(9)15)18-13(19)7-1-4-11(16)12(17)5-7/h1-6H,(H,18,19). The molecule has 2 aromatic rings. The molecule has 2 nitrogen and oxygen atoms in total. The average Bonchev–Trinajstić information content (AvgIpc) is 2.37. The molecule has 2 rings (SSSR count). The van der Waals surface area contributed by atoms with E-state index in [-0.39, 0.29) is 10.6 Å². The van der Waals surface area contributed by atoms with E-state index in [0.29, 0.717) is 10.7 Å². The molecule has 1 amide bonds. The van der Waals surface area contributed by atoms with Gasteiger partial charge in [0.05, 0.1) is 10.0 Å². The lowest BCUT2D eigenvalue weighted by Gasteiger charge is -2.06.